The number of H-pyrrole nitrogens is 1. The topological polar surface area (TPSA) is 50.4 Å². The number of hydrogen-bond acceptors (Lipinski definition) is 4. The zero-order chi connectivity index (χ0) is 18.1. The Labute approximate surface area is 149 Å². The molecule has 1 fully saturated rings. The van der Waals surface area contributed by atoms with Crippen molar-refractivity contribution < 1.29 is 22.6 Å². The number of aromatic amines is 1. The second kappa shape index (κ2) is 6.83. The molecule has 2 aliphatic rings. The van der Waals surface area contributed by atoms with Gasteiger partial charge in [-0.3, -0.25) is 10.00 Å². The SMILES string of the molecule is FC(F)(F)C1CCCN(Cc2cn[nH]c2-c2ccc3c(c2)OCCO3)C1. The van der Waals surface area contributed by atoms with Crippen LogP contribution in [0.1, 0.15) is 18.4 Å². The Bertz CT molecular complexity index is 775. The molecule has 0 aliphatic carbocycles. The van der Waals surface area contributed by atoms with E-state index in [1.165, 1.54) is 0 Å². The molecule has 1 N–H and O–H groups in total. The fourth-order valence-corrected chi connectivity index (χ4v) is 3.59. The molecule has 26 heavy (non-hydrogen) atoms. The molecule has 140 valence electrons. The standard InChI is InChI=1S/C18H20F3N3O2/c19-18(20,21)14-2-1-5-24(11-14)10-13-9-22-23-17(13)12-3-4-15-16(8-12)26-7-6-25-15/h3-4,8-9,14H,1-2,5-7,10-11H2,(H,22,23). The third-order valence-electron chi connectivity index (χ3n) is 4.91. The highest BCUT2D eigenvalue weighted by Crippen LogP contribution is 2.36. The van der Waals surface area contributed by atoms with Crippen molar-refractivity contribution in [2.24, 2.45) is 5.92 Å². The van der Waals surface area contributed by atoms with E-state index < -0.39 is 12.1 Å². The van der Waals surface area contributed by atoms with Gasteiger partial charge in [-0.05, 0) is 37.6 Å². The van der Waals surface area contributed by atoms with Crippen molar-refractivity contribution in [1.82, 2.24) is 15.1 Å². The second-order valence-corrected chi connectivity index (χ2v) is 6.74. The number of aromatic nitrogens is 2. The lowest BCUT2D eigenvalue weighted by Crippen LogP contribution is -2.41. The summed E-state index contributed by atoms with van der Waals surface area (Å²) in [6.45, 7) is 2.16. The highest BCUT2D eigenvalue weighted by atomic mass is 19.4. The molecule has 0 radical (unpaired) electrons. The van der Waals surface area contributed by atoms with Gasteiger partial charge in [0.2, 0.25) is 0 Å². The molecule has 2 aliphatic heterocycles. The number of rotatable bonds is 3. The molecule has 2 aromatic rings. The molecule has 3 heterocycles. The van der Waals surface area contributed by atoms with Crippen LogP contribution in [0.25, 0.3) is 11.3 Å². The Balaban J connectivity index is 1.52. The second-order valence-electron chi connectivity index (χ2n) is 6.74. The summed E-state index contributed by atoms with van der Waals surface area (Å²) < 4.78 is 50.2. The number of nitrogens with one attached hydrogen (secondary N) is 1. The average Bonchev–Trinajstić information content (AvgIpc) is 3.09. The van der Waals surface area contributed by atoms with Crippen LogP contribution in [0.2, 0.25) is 0 Å². The van der Waals surface area contributed by atoms with Gasteiger partial charge in [0.15, 0.2) is 11.5 Å². The van der Waals surface area contributed by atoms with Gasteiger partial charge < -0.3 is 9.47 Å². The number of benzene rings is 1. The number of alkyl halides is 3. The van der Waals surface area contributed by atoms with Crippen LogP contribution in [-0.4, -0.2) is 47.6 Å². The summed E-state index contributed by atoms with van der Waals surface area (Å²) >= 11 is 0. The summed E-state index contributed by atoms with van der Waals surface area (Å²) in [4.78, 5) is 1.86. The minimum absolute atomic E-state index is 0.0370. The van der Waals surface area contributed by atoms with E-state index in [1.54, 1.807) is 6.20 Å². The first kappa shape index (κ1) is 17.2. The van der Waals surface area contributed by atoms with Crippen molar-refractivity contribution >= 4 is 0 Å². The highest BCUT2D eigenvalue weighted by molar-refractivity contribution is 5.66. The molecule has 0 bridgehead atoms. The van der Waals surface area contributed by atoms with Crippen LogP contribution in [0, 0.1) is 5.92 Å². The lowest BCUT2D eigenvalue weighted by atomic mass is 9.97. The minimum atomic E-state index is -4.13. The van der Waals surface area contributed by atoms with E-state index in [4.69, 9.17) is 9.47 Å². The van der Waals surface area contributed by atoms with Crippen LogP contribution in [0.15, 0.2) is 24.4 Å². The fourth-order valence-electron chi connectivity index (χ4n) is 3.59. The number of piperidine rings is 1. The van der Waals surface area contributed by atoms with E-state index in [9.17, 15) is 13.2 Å². The predicted octanol–water partition coefficient (Wildman–Crippen LogP) is 3.62. The minimum Gasteiger partial charge on any atom is -0.486 e. The Kier molecular flexibility index (Phi) is 4.52. The number of nitrogens with zero attached hydrogens (tertiary/aromatic N) is 2. The molecule has 4 rings (SSSR count). The number of ether oxygens (including phenoxy) is 2. The van der Waals surface area contributed by atoms with Gasteiger partial charge in [-0.2, -0.15) is 18.3 Å². The van der Waals surface area contributed by atoms with Crippen molar-refractivity contribution in [3.63, 3.8) is 0 Å². The number of halogens is 3. The van der Waals surface area contributed by atoms with Gasteiger partial charge in [0.1, 0.15) is 13.2 Å². The molecule has 1 aromatic heterocycles. The third kappa shape index (κ3) is 3.51. The molecule has 1 aromatic carbocycles. The molecule has 0 saturated carbocycles. The van der Waals surface area contributed by atoms with E-state index in [0.29, 0.717) is 44.2 Å². The van der Waals surface area contributed by atoms with Gasteiger partial charge in [0, 0.05) is 24.2 Å². The van der Waals surface area contributed by atoms with E-state index in [-0.39, 0.29) is 13.0 Å². The maximum absolute atomic E-state index is 13.0. The molecular weight excluding hydrogens is 347 g/mol. The lowest BCUT2D eigenvalue weighted by molar-refractivity contribution is -0.187. The Morgan fingerprint density at radius 2 is 2.00 bits per heavy atom. The average molecular weight is 367 g/mol. The quantitative estimate of drug-likeness (QED) is 0.900. The zero-order valence-electron chi connectivity index (χ0n) is 14.2. The summed E-state index contributed by atoms with van der Waals surface area (Å²) in [5.41, 5.74) is 2.56. The molecule has 1 atom stereocenters. The first-order valence-corrected chi connectivity index (χ1v) is 8.72. The molecule has 0 amide bonds. The Morgan fingerprint density at radius 1 is 1.19 bits per heavy atom. The van der Waals surface area contributed by atoms with Crippen molar-refractivity contribution in [3.05, 3.63) is 30.0 Å². The summed E-state index contributed by atoms with van der Waals surface area (Å²) in [6, 6.07) is 5.62. The normalized spacial score (nSPS) is 21.0. The van der Waals surface area contributed by atoms with Gasteiger partial charge >= 0.3 is 6.18 Å². The summed E-state index contributed by atoms with van der Waals surface area (Å²) in [7, 11) is 0. The predicted molar refractivity (Wildman–Crippen MR) is 89.1 cm³/mol. The maximum atomic E-state index is 13.0. The van der Waals surface area contributed by atoms with Gasteiger partial charge in [-0.25, -0.2) is 0 Å². The van der Waals surface area contributed by atoms with Crippen LogP contribution in [-0.2, 0) is 6.54 Å². The van der Waals surface area contributed by atoms with E-state index in [2.05, 4.69) is 10.2 Å². The lowest BCUT2D eigenvalue weighted by Gasteiger charge is -2.33. The van der Waals surface area contributed by atoms with Gasteiger partial charge in [0.25, 0.3) is 0 Å². The summed E-state index contributed by atoms with van der Waals surface area (Å²) in [5.74, 6) is 0.121. The van der Waals surface area contributed by atoms with Crippen LogP contribution in [0.5, 0.6) is 11.5 Å². The van der Waals surface area contributed by atoms with E-state index >= 15 is 0 Å². The van der Waals surface area contributed by atoms with Crippen molar-refractivity contribution in [1.29, 1.82) is 0 Å². The third-order valence-corrected chi connectivity index (χ3v) is 4.91. The number of fused-ring (bicyclic) bond motifs is 1. The first-order valence-electron chi connectivity index (χ1n) is 8.72. The zero-order valence-corrected chi connectivity index (χ0v) is 14.2. The molecule has 1 saturated heterocycles. The van der Waals surface area contributed by atoms with Crippen LogP contribution in [0.3, 0.4) is 0 Å². The molecule has 0 spiro atoms. The maximum Gasteiger partial charge on any atom is 0.393 e. The van der Waals surface area contributed by atoms with Crippen molar-refractivity contribution in [2.75, 3.05) is 26.3 Å². The smallest absolute Gasteiger partial charge is 0.393 e. The van der Waals surface area contributed by atoms with Gasteiger partial charge in [-0.1, -0.05) is 0 Å². The number of likely N-dealkylation sites (tertiary alicyclic amines) is 1. The van der Waals surface area contributed by atoms with E-state index in [1.807, 2.05) is 23.1 Å². The van der Waals surface area contributed by atoms with Crippen LogP contribution in [0.4, 0.5) is 13.2 Å². The first-order chi connectivity index (χ1) is 12.5. The van der Waals surface area contributed by atoms with Crippen molar-refractivity contribution in [2.45, 2.75) is 25.6 Å². The van der Waals surface area contributed by atoms with Crippen LogP contribution >= 0.6 is 0 Å². The molecule has 5 nitrogen and oxygen atoms in total. The summed E-state index contributed by atoms with van der Waals surface area (Å²) in [5, 5.41) is 7.06. The van der Waals surface area contributed by atoms with Crippen molar-refractivity contribution in [3.8, 4) is 22.8 Å². The van der Waals surface area contributed by atoms with Gasteiger partial charge in [0.05, 0.1) is 17.8 Å². The Hall–Kier alpha value is -2.22. The monoisotopic (exact) mass is 367 g/mol. The highest BCUT2D eigenvalue weighted by Gasteiger charge is 2.41. The molecule has 1 unspecified atom stereocenters. The van der Waals surface area contributed by atoms with Gasteiger partial charge in [-0.15, -0.1) is 0 Å². The Morgan fingerprint density at radius 3 is 2.81 bits per heavy atom. The largest absolute Gasteiger partial charge is 0.486 e. The summed E-state index contributed by atoms with van der Waals surface area (Å²) in [6.07, 6.45) is -1.68. The number of hydrogen-bond donors (Lipinski definition) is 1. The van der Waals surface area contributed by atoms with Crippen LogP contribution < -0.4 is 9.47 Å². The van der Waals surface area contributed by atoms with E-state index in [0.717, 1.165) is 16.8 Å². The molecule has 8 heteroatoms. The fraction of sp³-hybridized carbons (Fsp3) is 0.500. The molecular formula is C18H20F3N3O2.